The SMILES string of the molecule is CC(O)CCN(C)C(=O)CCOc1ccc(N)cc1. The summed E-state index contributed by atoms with van der Waals surface area (Å²) in [6, 6.07) is 7.06. The molecule has 0 aliphatic carbocycles. The number of rotatable bonds is 7. The maximum Gasteiger partial charge on any atom is 0.225 e. The molecule has 5 nitrogen and oxygen atoms in total. The van der Waals surface area contributed by atoms with Crippen molar-refractivity contribution < 1.29 is 14.6 Å². The Hall–Kier alpha value is -1.75. The Labute approximate surface area is 114 Å². The number of amides is 1. The van der Waals surface area contributed by atoms with Crippen LogP contribution in [0.3, 0.4) is 0 Å². The third kappa shape index (κ3) is 6.10. The lowest BCUT2D eigenvalue weighted by Crippen LogP contribution is -2.30. The Balaban J connectivity index is 2.24. The fraction of sp³-hybridized carbons (Fsp3) is 0.500. The molecule has 0 aromatic heterocycles. The smallest absolute Gasteiger partial charge is 0.225 e. The first kappa shape index (κ1) is 15.3. The number of aliphatic hydroxyl groups is 1. The first-order valence-corrected chi connectivity index (χ1v) is 6.39. The molecule has 1 atom stereocenters. The van der Waals surface area contributed by atoms with Gasteiger partial charge >= 0.3 is 0 Å². The normalized spacial score (nSPS) is 11.9. The van der Waals surface area contributed by atoms with Crippen molar-refractivity contribution >= 4 is 11.6 Å². The van der Waals surface area contributed by atoms with E-state index < -0.39 is 0 Å². The van der Waals surface area contributed by atoms with Crippen LogP contribution in [0.1, 0.15) is 19.8 Å². The van der Waals surface area contributed by atoms with E-state index in [-0.39, 0.29) is 12.0 Å². The van der Waals surface area contributed by atoms with Crippen molar-refractivity contribution in [2.75, 3.05) is 25.9 Å². The van der Waals surface area contributed by atoms with Crippen LogP contribution in [0.25, 0.3) is 0 Å². The van der Waals surface area contributed by atoms with Crippen molar-refractivity contribution in [1.82, 2.24) is 4.90 Å². The highest BCUT2D eigenvalue weighted by atomic mass is 16.5. The van der Waals surface area contributed by atoms with Crippen molar-refractivity contribution in [2.24, 2.45) is 0 Å². The van der Waals surface area contributed by atoms with Crippen LogP contribution in [0, 0.1) is 0 Å². The fourth-order valence-electron chi connectivity index (χ4n) is 1.52. The highest BCUT2D eigenvalue weighted by Gasteiger charge is 2.09. The summed E-state index contributed by atoms with van der Waals surface area (Å²) in [5.74, 6) is 0.713. The van der Waals surface area contributed by atoms with Gasteiger partial charge in [-0.15, -0.1) is 0 Å². The molecule has 0 radical (unpaired) electrons. The zero-order valence-corrected chi connectivity index (χ0v) is 11.5. The van der Waals surface area contributed by atoms with Gasteiger partial charge in [-0.2, -0.15) is 0 Å². The lowest BCUT2D eigenvalue weighted by Gasteiger charge is -2.18. The summed E-state index contributed by atoms with van der Waals surface area (Å²) in [5.41, 5.74) is 6.25. The predicted octanol–water partition coefficient (Wildman–Crippen LogP) is 1.27. The summed E-state index contributed by atoms with van der Waals surface area (Å²) in [7, 11) is 1.73. The Morgan fingerprint density at radius 3 is 2.63 bits per heavy atom. The number of hydrogen-bond donors (Lipinski definition) is 2. The van der Waals surface area contributed by atoms with Crippen molar-refractivity contribution in [3.63, 3.8) is 0 Å². The molecule has 0 bridgehead atoms. The average molecular weight is 266 g/mol. The monoisotopic (exact) mass is 266 g/mol. The van der Waals surface area contributed by atoms with Crippen LogP contribution in [-0.2, 0) is 4.79 Å². The number of hydrogen-bond acceptors (Lipinski definition) is 4. The quantitative estimate of drug-likeness (QED) is 0.729. The number of carbonyl (C=O) groups excluding carboxylic acids is 1. The molecule has 19 heavy (non-hydrogen) atoms. The lowest BCUT2D eigenvalue weighted by atomic mass is 10.2. The van der Waals surface area contributed by atoms with Crippen LogP contribution >= 0.6 is 0 Å². The molecule has 0 fully saturated rings. The molecule has 5 heteroatoms. The molecular formula is C14H22N2O3. The van der Waals surface area contributed by atoms with E-state index in [0.717, 1.165) is 0 Å². The van der Waals surface area contributed by atoms with E-state index in [1.807, 2.05) is 0 Å². The van der Waals surface area contributed by atoms with E-state index in [9.17, 15) is 4.79 Å². The Morgan fingerprint density at radius 2 is 2.05 bits per heavy atom. The second kappa shape index (κ2) is 7.63. The summed E-state index contributed by atoms with van der Waals surface area (Å²) in [5, 5.41) is 9.16. The molecule has 0 saturated heterocycles. The van der Waals surface area contributed by atoms with Crippen LogP contribution in [0.5, 0.6) is 5.75 Å². The Bertz CT molecular complexity index is 390. The highest BCUT2D eigenvalue weighted by Crippen LogP contribution is 2.13. The number of aliphatic hydroxyl groups excluding tert-OH is 1. The van der Waals surface area contributed by atoms with E-state index in [1.165, 1.54) is 0 Å². The summed E-state index contributed by atoms with van der Waals surface area (Å²) in [4.78, 5) is 13.4. The van der Waals surface area contributed by atoms with Gasteiger partial charge in [-0.25, -0.2) is 0 Å². The maximum atomic E-state index is 11.7. The van der Waals surface area contributed by atoms with Crippen molar-refractivity contribution in [3.8, 4) is 5.75 Å². The zero-order chi connectivity index (χ0) is 14.3. The number of benzene rings is 1. The molecule has 0 heterocycles. The van der Waals surface area contributed by atoms with Gasteiger partial charge in [0.2, 0.25) is 5.91 Å². The fourth-order valence-corrected chi connectivity index (χ4v) is 1.52. The number of nitrogen functional groups attached to an aromatic ring is 1. The molecule has 1 amide bonds. The molecule has 0 aliphatic heterocycles. The summed E-state index contributed by atoms with van der Waals surface area (Å²) >= 11 is 0. The largest absolute Gasteiger partial charge is 0.493 e. The molecule has 0 spiro atoms. The van der Waals surface area contributed by atoms with E-state index >= 15 is 0 Å². The van der Waals surface area contributed by atoms with Crippen molar-refractivity contribution in [2.45, 2.75) is 25.9 Å². The van der Waals surface area contributed by atoms with E-state index in [0.29, 0.717) is 37.4 Å². The third-order valence-corrected chi connectivity index (χ3v) is 2.77. The van der Waals surface area contributed by atoms with Crippen LogP contribution in [-0.4, -0.2) is 42.2 Å². The van der Waals surface area contributed by atoms with Crippen molar-refractivity contribution in [1.29, 1.82) is 0 Å². The molecule has 0 aliphatic rings. The number of ether oxygens (including phenoxy) is 1. The molecule has 1 unspecified atom stereocenters. The van der Waals surface area contributed by atoms with Crippen molar-refractivity contribution in [3.05, 3.63) is 24.3 Å². The molecule has 1 aromatic carbocycles. The van der Waals surface area contributed by atoms with Gasteiger partial charge in [0, 0.05) is 19.3 Å². The summed E-state index contributed by atoms with van der Waals surface area (Å²) in [6.07, 6.45) is 0.517. The minimum Gasteiger partial charge on any atom is -0.493 e. The van der Waals surface area contributed by atoms with Gasteiger partial charge in [0.1, 0.15) is 5.75 Å². The summed E-state index contributed by atoms with van der Waals surface area (Å²) < 4.78 is 5.45. The standard InChI is InChI=1S/C14H22N2O3/c1-11(17)7-9-16(2)14(18)8-10-19-13-5-3-12(15)4-6-13/h3-6,11,17H,7-10,15H2,1-2H3. The Morgan fingerprint density at radius 1 is 1.42 bits per heavy atom. The second-order valence-electron chi connectivity index (χ2n) is 4.62. The number of carbonyl (C=O) groups is 1. The molecule has 1 aromatic rings. The average Bonchev–Trinajstić information content (AvgIpc) is 2.38. The zero-order valence-electron chi connectivity index (χ0n) is 11.5. The van der Waals surface area contributed by atoms with Crippen LogP contribution in [0.2, 0.25) is 0 Å². The first-order valence-electron chi connectivity index (χ1n) is 6.39. The van der Waals surface area contributed by atoms with E-state index in [4.69, 9.17) is 15.6 Å². The highest BCUT2D eigenvalue weighted by molar-refractivity contribution is 5.75. The van der Waals surface area contributed by atoms with Gasteiger partial charge in [-0.3, -0.25) is 4.79 Å². The predicted molar refractivity (Wildman–Crippen MR) is 74.9 cm³/mol. The molecule has 0 saturated carbocycles. The number of nitrogens with zero attached hydrogens (tertiary/aromatic N) is 1. The van der Waals surface area contributed by atoms with Crippen LogP contribution < -0.4 is 10.5 Å². The second-order valence-corrected chi connectivity index (χ2v) is 4.62. The first-order chi connectivity index (χ1) is 8.99. The summed E-state index contributed by atoms with van der Waals surface area (Å²) in [6.45, 7) is 2.60. The molecule has 3 N–H and O–H groups in total. The third-order valence-electron chi connectivity index (χ3n) is 2.77. The minimum absolute atomic E-state index is 0.0103. The lowest BCUT2D eigenvalue weighted by molar-refractivity contribution is -0.130. The minimum atomic E-state index is -0.388. The number of nitrogens with two attached hydrogens (primary N) is 1. The van der Waals surface area contributed by atoms with E-state index in [1.54, 1.807) is 43.1 Å². The van der Waals surface area contributed by atoms with Gasteiger partial charge in [0.05, 0.1) is 19.1 Å². The van der Waals surface area contributed by atoms with Crippen LogP contribution in [0.4, 0.5) is 5.69 Å². The Kier molecular flexibility index (Phi) is 6.15. The van der Waals surface area contributed by atoms with Gasteiger partial charge in [-0.1, -0.05) is 0 Å². The maximum absolute atomic E-state index is 11.7. The topological polar surface area (TPSA) is 75.8 Å². The molecule has 1 rings (SSSR count). The van der Waals surface area contributed by atoms with Crippen LogP contribution in [0.15, 0.2) is 24.3 Å². The van der Waals surface area contributed by atoms with E-state index in [2.05, 4.69) is 0 Å². The van der Waals surface area contributed by atoms with Gasteiger partial charge < -0.3 is 20.5 Å². The van der Waals surface area contributed by atoms with Gasteiger partial charge in [-0.05, 0) is 37.6 Å². The molecule has 106 valence electrons. The van der Waals surface area contributed by atoms with Gasteiger partial charge in [0.15, 0.2) is 0 Å². The molecular weight excluding hydrogens is 244 g/mol. The van der Waals surface area contributed by atoms with Gasteiger partial charge in [0.25, 0.3) is 0 Å². The number of anilines is 1.